The van der Waals surface area contributed by atoms with Gasteiger partial charge >= 0.3 is 12.1 Å². The van der Waals surface area contributed by atoms with Gasteiger partial charge in [-0.2, -0.15) is 13.2 Å². The summed E-state index contributed by atoms with van der Waals surface area (Å²) >= 11 is 0. The van der Waals surface area contributed by atoms with Gasteiger partial charge in [0.25, 0.3) is 0 Å². The number of hydrogen-bond acceptors (Lipinski definition) is 4. The summed E-state index contributed by atoms with van der Waals surface area (Å²) in [4.78, 5) is 12.1. The maximum atomic E-state index is 12.1. The molecule has 0 aromatic heterocycles. The van der Waals surface area contributed by atoms with E-state index in [0.29, 0.717) is 0 Å². The van der Waals surface area contributed by atoms with Gasteiger partial charge in [0.05, 0.1) is 26.7 Å². The molecule has 4 nitrogen and oxygen atoms in total. The number of esters is 1. The number of alkyl halides is 3. The van der Waals surface area contributed by atoms with E-state index in [2.05, 4.69) is 5.32 Å². The fourth-order valence-corrected chi connectivity index (χ4v) is 2.33. The molecule has 2 fully saturated rings. The lowest BCUT2D eigenvalue weighted by atomic mass is 9.94. The van der Waals surface area contributed by atoms with E-state index < -0.39 is 30.7 Å². The molecule has 0 aromatic carbocycles. The molecular formula is C13H20F3NO3. The number of methoxy groups -OCH3 is 1. The molecule has 7 heteroatoms. The van der Waals surface area contributed by atoms with Crippen molar-refractivity contribution in [2.45, 2.75) is 49.9 Å². The standard InChI is InChI=1S/C13H20F3NO3/c1-19-11(18)12(9-2-3-9,17-10-4-5-10)8-20-7-6-13(14,15)16/h9-10,17H,2-8H2,1H3. The minimum Gasteiger partial charge on any atom is -0.468 e. The average Bonchev–Trinajstić information content (AvgIpc) is 3.23. The Balaban J connectivity index is 1.92. The van der Waals surface area contributed by atoms with Crippen LogP contribution < -0.4 is 5.32 Å². The highest BCUT2D eigenvalue weighted by atomic mass is 19.4. The van der Waals surface area contributed by atoms with Crippen LogP contribution in [0.15, 0.2) is 0 Å². The van der Waals surface area contributed by atoms with Crippen LogP contribution in [0.4, 0.5) is 13.2 Å². The fourth-order valence-electron chi connectivity index (χ4n) is 2.33. The summed E-state index contributed by atoms with van der Waals surface area (Å²) in [6.07, 6.45) is -1.54. The molecule has 0 saturated heterocycles. The molecule has 2 aliphatic carbocycles. The number of carbonyl (C=O) groups is 1. The van der Waals surface area contributed by atoms with Crippen LogP contribution in [0, 0.1) is 5.92 Å². The smallest absolute Gasteiger partial charge is 0.391 e. The predicted octanol–water partition coefficient (Wildman–Crippen LogP) is 2.03. The summed E-state index contributed by atoms with van der Waals surface area (Å²) in [5.41, 5.74) is -0.971. The van der Waals surface area contributed by atoms with E-state index in [0.717, 1.165) is 25.7 Å². The van der Waals surface area contributed by atoms with Gasteiger partial charge in [-0.3, -0.25) is 5.32 Å². The molecule has 1 N–H and O–H groups in total. The molecule has 0 radical (unpaired) electrons. The lowest BCUT2D eigenvalue weighted by Gasteiger charge is -2.32. The van der Waals surface area contributed by atoms with E-state index in [1.54, 1.807) is 0 Å². The number of rotatable bonds is 8. The lowest BCUT2D eigenvalue weighted by molar-refractivity contribution is -0.157. The molecule has 0 amide bonds. The maximum absolute atomic E-state index is 12.1. The summed E-state index contributed by atoms with van der Waals surface area (Å²) in [5, 5.41) is 3.23. The number of hydrogen-bond donors (Lipinski definition) is 1. The molecule has 1 atom stereocenters. The van der Waals surface area contributed by atoms with Gasteiger partial charge in [-0.25, -0.2) is 4.79 Å². The van der Waals surface area contributed by atoms with Crippen LogP contribution in [0.1, 0.15) is 32.1 Å². The van der Waals surface area contributed by atoms with Crippen LogP contribution in [0.5, 0.6) is 0 Å². The van der Waals surface area contributed by atoms with Crippen molar-refractivity contribution in [3.05, 3.63) is 0 Å². The van der Waals surface area contributed by atoms with Crippen molar-refractivity contribution in [3.63, 3.8) is 0 Å². The number of halogens is 3. The molecule has 0 aliphatic heterocycles. The van der Waals surface area contributed by atoms with Gasteiger partial charge in [0, 0.05) is 6.04 Å². The monoisotopic (exact) mass is 295 g/mol. The van der Waals surface area contributed by atoms with Crippen LogP contribution in [0.3, 0.4) is 0 Å². The number of ether oxygens (including phenoxy) is 2. The number of carbonyl (C=O) groups excluding carboxylic acids is 1. The van der Waals surface area contributed by atoms with Crippen molar-refractivity contribution >= 4 is 5.97 Å². The van der Waals surface area contributed by atoms with Crippen molar-refractivity contribution < 1.29 is 27.4 Å². The highest BCUT2D eigenvalue weighted by molar-refractivity contribution is 5.82. The van der Waals surface area contributed by atoms with Crippen LogP contribution in [0.25, 0.3) is 0 Å². The quantitative estimate of drug-likeness (QED) is 0.550. The fraction of sp³-hybridized carbons (Fsp3) is 0.923. The van der Waals surface area contributed by atoms with E-state index in [1.165, 1.54) is 7.11 Å². The van der Waals surface area contributed by atoms with Crippen LogP contribution in [0.2, 0.25) is 0 Å². The second-order valence-electron chi connectivity index (χ2n) is 5.57. The summed E-state index contributed by atoms with van der Waals surface area (Å²) < 4.78 is 46.3. The first-order valence-corrected chi connectivity index (χ1v) is 6.88. The van der Waals surface area contributed by atoms with E-state index >= 15 is 0 Å². The van der Waals surface area contributed by atoms with Crippen LogP contribution in [-0.4, -0.2) is 44.0 Å². The Morgan fingerprint density at radius 1 is 1.25 bits per heavy atom. The molecule has 0 aromatic rings. The second kappa shape index (κ2) is 5.89. The topological polar surface area (TPSA) is 47.6 Å². The Labute approximate surface area is 116 Å². The zero-order valence-electron chi connectivity index (χ0n) is 11.5. The van der Waals surface area contributed by atoms with Gasteiger partial charge in [-0.1, -0.05) is 0 Å². The number of nitrogens with one attached hydrogen (secondary N) is 1. The average molecular weight is 295 g/mol. The van der Waals surface area contributed by atoms with Crippen molar-refractivity contribution in [3.8, 4) is 0 Å². The normalized spacial score (nSPS) is 22.4. The first-order chi connectivity index (χ1) is 9.37. The van der Waals surface area contributed by atoms with Gasteiger partial charge < -0.3 is 9.47 Å². The summed E-state index contributed by atoms with van der Waals surface area (Å²) in [5.74, 6) is -0.333. The minimum absolute atomic E-state index is 0.0586. The molecule has 2 aliphatic rings. The Kier molecular flexibility index (Phi) is 4.59. The van der Waals surface area contributed by atoms with Gasteiger partial charge in [0.15, 0.2) is 0 Å². The molecule has 1 unspecified atom stereocenters. The van der Waals surface area contributed by atoms with Crippen molar-refractivity contribution in [2.75, 3.05) is 20.3 Å². The molecule has 116 valence electrons. The van der Waals surface area contributed by atoms with E-state index in [1.807, 2.05) is 0 Å². The Bertz CT molecular complexity index is 353. The third-order valence-corrected chi connectivity index (χ3v) is 3.72. The zero-order chi connectivity index (χ0) is 14.8. The van der Waals surface area contributed by atoms with E-state index in [9.17, 15) is 18.0 Å². The van der Waals surface area contributed by atoms with Crippen molar-refractivity contribution in [2.24, 2.45) is 5.92 Å². The third-order valence-electron chi connectivity index (χ3n) is 3.72. The highest BCUT2D eigenvalue weighted by Crippen LogP contribution is 2.42. The predicted molar refractivity (Wildman–Crippen MR) is 65.1 cm³/mol. The molecule has 2 saturated carbocycles. The molecule has 0 heterocycles. The van der Waals surface area contributed by atoms with Gasteiger partial charge in [0.1, 0.15) is 5.54 Å². The lowest BCUT2D eigenvalue weighted by Crippen LogP contribution is -2.59. The summed E-state index contributed by atoms with van der Waals surface area (Å²) in [6.45, 7) is -0.488. The van der Waals surface area contributed by atoms with E-state index in [4.69, 9.17) is 9.47 Å². The Morgan fingerprint density at radius 2 is 1.90 bits per heavy atom. The summed E-state index contributed by atoms with van der Waals surface area (Å²) in [7, 11) is 1.30. The molecule has 20 heavy (non-hydrogen) atoms. The molecule has 0 spiro atoms. The minimum atomic E-state index is -4.24. The zero-order valence-corrected chi connectivity index (χ0v) is 11.5. The first kappa shape index (κ1) is 15.6. The van der Waals surface area contributed by atoms with Gasteiger partial charge in [-0.15, -0.1) is 0 Å². The summed E-state index contributed by atoms with van der Waals surface area (Å²) in [6, 6.07) is 0.251. The molecule has 0 bridgehead atoms. The highest BCUT2D eigenvalue weighted by Gasteiger charge is 2.54. The van der Waals surface area contributed by atoms with Crippen LogP contribution in [-0.2, 0) is 14.3 Å². The van der Waals surface area contributed by atoms with E-state index in [-0.39, 0.29) is 18.6 Å². The first-order valence-electron chi connectivity index (χ1n) is 6.88. The molecule has 2 rings (SSSR count). The van der Waals surface area contributed by atoms with Crippen LogP contribution >= 0.6 is 0 Å². The maximum Gasteiger partial charge on any atom is 0.391 e. The van der Waals surface area contributed by atoms with Crippen molar-refractivity contribution in [1.29, 1.82) is 0 Å². The Morgan fingerprint density at radius 3 is 2.35 bits per heavy atom. The molecular weight excluding hydrogens is 275 g/mol. The third kappa shape index (κ3) is 4.09. The van der Waals surface area contributed by atoms with Gasteiger partial charge in [0.2, 0.25) is 0 Å². The van der Waals surface area contributed by atoms with Crippen molar-refractivity contribution in [1.82, 2.24) is 5.32 Å². The van der Waals surface area contributed by atoms with Gasteiger partial charge in [-0.05, 0) is 31.6 Å². The second-order valence-corrected chi connectivity index (χ2v) is 5.57. The largest absolute Gasteiger partial charge is 0.468 e. The SMILES string of the molecule is COC(=O)C(COCCC(F)(F)F)(NC1CC1)C1CC1. The Hall–Kier alpha value is -0.820.